The van der Waals surface area contributed by atoms with Gasteiger partial charge in [-0.25, -0.2) is 0 Å². The van der Waals surface area contributed by atoms with Crippen molar-refractivity contribution in [3.05, 3.63) is 40.6 Å². The van der Waals surface area contributed by atoms with Gasteiger partial charge in [0, 0.05) is 18.6 Å². The minimum atomic E-state index is -0.711. The van der Waals surface area contributed by atoms with Crippen LogP contribution in [-0.2, 0) is 9.59 Å². The summed E-state index contributed by atoms with van der Waals surface area (Å²) < 4.78 is 10.2. The molecule has 24 heavy (non-hydrogen) atoms. The topological polar surface area (TPSA) is 106 Å². The first-order valence-corrected chi connectivity index (χ1v) is 7.58. The number of aliphatic hydroxyl groups is 1. The largest absolute Gasteiger partial charge is 0.504 e. The number of hydrogen-bond acceptors (Lipinski definition) is 7. The zero-order valence-electron chi connectivity index (χ0n) is 13.9. The summed E-state index contributed by atoms with van der Waals surface area (Å²) in [6.45, 7) is 7.07. The van der Waals surface area contributed by atoms with Crippen molar-refractivity contribution in [1.82, 2.24) is 10.3 Å². The summed E-state index contributed by atoms with van der Waals surface area (Å²) in [5, 5.41) is 17.9. The van der Waals surface area contributed by atoms with Crippen LogP contribution < -0.4 is 0 Å². The maximum absolute atomic E-state index is 13.0. The minimum absolute atomic E-state index is 0.00333. The van der Waals surface area contributed by atoms with E-state index in [1.165, 1.54) is 6.07 Å². The highest BCUT2D eigenvalue weighted by molar-refractivity contribution is 6.28. The Balaban J connectivity index is 2.12. The molecule has 1 N–H and O–H groups in total. The number of Topliss-reactive ketones (excluding diaryl/α,β-unsaturated/α-hetero) is 2. The van der Waals surface area contributed by atoms with Crippen LogP contribution in [-0.4, -0.2) is 27.0 Å². The van der Waals surface area contributed by atoms with Gasteiger partial charge in [0.2, 0.25) is 5.76 Å². The van der Waals surface area contributed by atoms with Crippen LogP contribution in [0.25, 0.3) is 5.76 Å². The van der Waals surface area contributed by atoms with Gasteiger partial charge in [-0.3, -0.25) is 9.59 Å². The van der Waals surface area contributed by atoms with Gasteiger partial charge in [-0.2, -0.15) is 0 Å². The van der Waals surface area contributed by atoms with Crippen LogP contribution in [0, 0.1) is 19.3 Å². The lowest BCUT2D eigenvalue weighted by Crippen LogP contribution is -2.40. The van der Waals surface area contributed by atoms with Crippen LogP contribution in [0.2, 0.25) is 0 Å². The molecule has 1 unspecified atom stereocenters. The zero-order valence-corrected chi connectivity index (χ0v) is 13.9. The lowest BCUT2D eigenvalue weighted by molar-refractivity contribution is -0.129. The van der Waals surface area contributed by atoms with E-state index in [2.05, 4.69) is 10.3 Å². The fraction of sp³-hybridized carbons (Fsp3) is 0.412. The van der Waals surface area contributed by atoms with Gasteiger partial charge in [-0.15, -0.1) is 0 Å². The van der Waals surface area contributed by atoms with Gasteiger partial charge in [0.25, 0.3) is 0 Å². The molecule has 0 saturated heterocycles. The highest BCUT2D eigenvalue weighted by Crippen LogP contribution is 2.46. The average Bonchev–Trinajstić information content (AvgIpc) is 3.06. The van der Waals surface area contributed by atoms with Gasteiger partial charge in [0.05, 0.1) is 17.3 Å². The lowest BCUT2D eigenvalue weighted by atomic mass is 9.64. The molecule has 2 aromatic rings. The van der Waals surface area contributed by atoms with E-state index < -0.39 is 28.7 Å². The highest BCUT2D eigenvalue weighted by Gasteiger charge is 2.49. The Kier molecular flexibility index (Phi) is 3.66. The average molecular weight is 330 g/mol. The van der Waals surface area contributed by atoms with Crippen molar-refractivity contribution in [2.45, 2.75) is 40.0 Å². The van der Waals surface area contributed by atoms with Gasteiger partial charge in [-0.1, -0.05) is 24.2 Å². The number of allylic oxidation sites excluding steroid dienone is 1. The molecule has 2 heterocycles. The second kappa shape index (κ2) is 5.43. The van der Waals surface area contributed by atoms with E-state index in [4.69, 9.17) is 9.05 Å². The first-order valence-electron chi connectivity index (χ1n) is 7.58. The number of nitrogens with zero attached hydrogens (tertiary/aromatic N) is 2. The van der Waals surface area contributed by atoms with E-state index in [-0.39, 0.29) is 17.8 Å². The third kappa shape index (κ3) is 2.55. The smallest absolute Gasteiger partial charge is 0.202 e. The van der Waals surface area contributed by atoms with Crippen LogP contribution in [0.1, 0.15) is 49.1 Å². The number of rotatable bonds is 2. The fourth-order valence-corrected chi connectivity index (χ4v) is 3.12. The van der Waals surface area contributed by atoms with Crippen molar-refractivity contribution >= 4 is 17.3 Å². The molecular formula is C17H18N2O5. The molecule has 0 aliphatic heterocycles. The van der Waals surface area contributed by atoms with E-state index >= 15 is 0 Å². The maximum atomic E-state index is 13.0. The Morgan fingerprint density at radius 2 is 1.79 bits per heavy atom. The molecule has 0 aromatic carbocycles. The molecule has 1 aliphatic rings. The molecule has 126 valence electrons. The second-order valence-corrected chi connectivity index (χ2v) is 6.81. The molecule has 0 bridgehead atoms. The Morgan fingerprint density at radius 1 is 1.17 bits per heavy atom. The van der Waals surface area contributed by atoms with E-state index in [9.17, 15) is 14.7 Å². The summed E-state index contributed by atoms with van der Waals surface area (Å²) in [5.41, 5.74) is 0.257. The third-order valence-corrected chi connectivity index (χ3v) is 4.21. The standard InChI is InChI=1S/C17H18N2O5/c1-8-5-11(23-18-8)14-16(22)13(10(20)7-17(14,3)4)15(21)12-6-9(2)19-24-12/h5-6,14,21H,7H2,1-4H3. The van der Waals surface area contributed by atoms with Crippen LogP contribution >= 0.6 is 0 Å². The Hall–Kier alpha value is -2.70. The monoisotopic (exact) mass is 330 g/mol. The fourth-order valence-electron chi connectivity index (χ4n) is 3.12. The lowest BCUT2D eigenvalue weighted by Gasteiger charge is -2.35. The summed E-state index contributed by atoms with van der Waals surface area (Å²) in [7, 11) is 0. The first kappa shape index (κ1) is 16.2. The van der Waals surface area contributed by atoms with Gasteiger partial charge in [0.1, 0.15) is 11.3 Å². The Bertz CT molecular complexity index is 856. The molecule has 1 atom stereocenters. The van der Waals surface area contributed by atoms with Crippen LogP contribution in [0.5, 0.6) is 0 Å². The Labute approximate surface area is 138 Å². The predicted octanol–water partition coefficient (Wildman–Crippen LogP) is 2.90. The van der Waals surface area contributed by atoms with Gasteiger partial charge in [0.15, 0.2) is 17.3 Å². The van der Waals surface area contributed by atoms with Gasteiger partial charge >= 0.3 is 0 Å². The third-order valence-electron chi connectivity index (χ3n) is 4.21. The van der Waals surface area contributed by atoms with E-state index in [0.29, 0.717) is 17.1 Å². The quantitative estimate of drug-likeness (QED) is 0.512. The zero-order chi connectivity index (χ0) is 17.6. The number of aryl methyl sites for hydroxylation is 2. The van der Waals surface area contributed by atoms with Crippen molar-refractivity contribution in [3.8, 4) is 0 Å². The van der Waals surface area contributed by atoms with E-state index in [0.717, 1.165) is 0 Å². The van der Waals surface area contributed by atoms with E-state index in [1.54, 1.807) is 19.9 Å². The molecule has 7 heteroatoms. The molecule has 0 radical (unpaired) electrons. The van der Waals surface area contributed by atoms with Crippen molar-refractivity contribution in [2.24, 2.45) is 5.41 Å². The predicted molar refractivity (Wildman–Crippen MR) is 83.2 cm³/mol. The van der Waals surface area contributed by atoms with E-state index in [1.807, 2.05) is 13.8 Å². The molecule has 1 saturated carbocycles. The number of aromatic nitrogens is 2. The number of carbonyl (C=O) groups is 2. The number of ketones is 2. The molecule has 0 spiro atoms. The highest BCUT2D eigenvalue weighted by atomic mass is 16.5. The second-order valence-electron chi connectivity index (χ2n) is 6.81. The molecule has 7 nitrogen and oxygen atoms in total. The molecule has 2 aromatic heterocycles. The summed E-state index contributed by atoms with van der Waals surface area (Å²) >= 11 is 0. The number of carbonyl (C=O) groups excluding carboxylic acids is 2. The first-order chi connectivity index (χ1) is 11.2. The van der Waals surface area contributed by atoms with Crippen molar-refractivity contribution in [1.29, 1.82) is 0 Å². The maximum Gasteiger partial charge on any atom is 0.202 e. The molecule has 1 aliphatic carbocycles. The molecule has 3 rings (SSSR count). The van der Waals surface area contributed by atoms with Crippen LogP contribution in [0.4, 0.5) is 0 Å². The summed E-state index contributed by atoms with van der Waals surface area (Å²) in [6.07, 6.45) is 0.0929. The van der Waals surface area contributed by atoms with Crippen LogP contribution in [0.3, 0.4) is 0 Å². The van der Waals surface area contributed by atoms with Crippen molar-refractivity contribution in [3.63, 3.8) is 0 Å². The van der Waals surface area contributed by atoms with Crippen molar-refractivity contribution in [2.75, 3.05) is 0 Å². The van der Waals surface area contributed by atoms with Gasteiger partial charge < -0.3 is 14.2 Å². The molecular weight excluding hydrogens is 312 g/mol. The Morgan fingerprint density at radius 3 is 2.33 bits per heavy atom. The number of hydrogen-bond donors (Lipinski definition) is 1. The van der Waals surface area contributed by atoms with Crippen molar-refractivity contribution < 1.29 is 23.7 Å². The van der Waals surface area contributed by atoms with Gasteiger partial charge in [-0.05, 0) is 19.3 Å². The SMILES string of the molecule is Cc1cc(C(O)=C2C(=O)CC(C)(C)C(c3cc(C)no3)C2=O)on1. The summed E-state index contributed by atoms with van der Waals surface area (Å²) in [5.74, 6) is -1.74. The minimum Gasteiger partial charge on any atom is -0.504 e. The summed E-state index contributed by atoms with van der Waals surface area (Å²) in [6, 6.07) is 3.14. The van der Waals surface area contributed by atoms with Crippen LogP contribution in [0.15, 0.2) is 26.8 Å². The molecule has 0 amide bonds. The number of aliphatic hydroxyl groups excluding tert-OH is 1. The normalized spacial score (nSPS) is 22.8. The molecule has 1 fully saturated rings. The summed E-state index contributed by atoms with van der Waals surface area (Å²) in [4.78, 5) is 25.5.